The number of amides is 1. The fraction of sp³-hybridized carbons (Fsp3) is 0.529. The van der Waals surface area contributed by atoms with Crippen LogP contribution in [0.4, 0.5) is 13.2 Å². The molecule has 1 aromatic carbocycles. The van der Waals surface area contributed by atoms with E-state index < -0.39 is 12.3 Å². The summed E-state index contributed by atoms with van der Waals surface area (Å²) in [6.07, 6.45) is -2.51. The van der Waals surface area contributed by atoms with Gasteiger partial charge in [-0.25, -0.2) is 0 Å². The van der Waals surface area contributed by atoms with E-state index >= 15 is 0 Å². The van der Waals surface area contributed by atoms with Gasteiger partial charge in [-0.15, -0.1) is 13.2 Å². The molecular weight excluding hydrogens is 339 g/mol. The highest BCUT2D eigenvalue weighted by molar-refractivity contribution is 5.79. The molecule has 0 aliphatic carbocycles. The first-order valence-electron chi connectivity index (χ1n) is 8.07. The predicted molar refractivity (Wildman–Crippen MR) is 83.0 cm³/mol. The van der Waals surface area contributed by atoms with Gasteiger partial charge in [0.05, 0.1) is 6.42 Å². The van der Waals surface area contributed by atoms with Crippen LogP contribution in [0.5, 0.6) is 5.75 Å². The van der Waals surface area contributed by atoms with Crippen molar-refractivity contribution in [2.45, 2.75) is 38.5 Å². The number of carboxylic acid groups (broad SMARTS) is 1. The van der Waals surface area contributed by atoms with E-state index in [1.165, 1.54) is 18.2 Å². The van der Waals surface area contributed by atoms with Gasteiger partial charge in [-0.1, -0.05) is 12.1 Å². The molecule has 0 bridgehead atoms. The van der Waals surface area contributed by atoms with Crippen LogP contribution in [-0.4, -0.2) is 41.3 Å². The quantitative estimate of drug-likeness (QED) is 0.847. The number of likely N-dealkylation sites (tertiary alicyclic amines) is 1. The van der Waals surface area contributed by atoms with E-state index in [1.807, 2.05) is 0 Å². The van der Waals surface area contributed by atoms with Crippen LogP contribution in [0.3, 0.4) is 0 Å². The van der Waals surface area contributed by atoms with Crippen LogP contribution in [0.2, 0.25) is 0 Å². The smallest absolute Gasteiger partial charge is 0.481 e. The molecule has 0 radical (unpaired) electrons. The maximum atomic E-state index is 12.4. The van der Waals surface area contributed by atoms with E-state index in [0.29, 0.717) is 25.1 Å². The highest BCUT2D eigenvalue weighted by atomic mass is 19.4. The van der Waals surface area contributed by atoms with Crippen molar-refractivity contribution in [3.8, 4) is 5.75 Å². The molecule has 8 heteroatoms. The normalized spacial score (nSPS) is 18.0. The topological polar surface area (TPSA) is 66.8 Å². The monoisotopic (exact) mass is 359 g/mol. The summed E-state index contributed by atoms with van der Waals surface area (Å²) in [5.74, 6) is -1.24. The van der Waals surface area contributed by atoms with Crippen LogP contribution < -0.4 is 4.74 Å². The van der Waals surface area contributed by atoms with Crippen LogP contribution in [-0.2, 0) is 16.0 Å². The Hall–Kier alpha value is -2.25. The van der Waals surface area contributed by atoms with Gasteiger partial charge < -0.3 is 14.7 Å². The molecule has 1 atom stereocenters. The van der Waals surface area contributed by atoms with E-state index in [-0.39, 0.29) is 30.4 Å². The molecule has 0 saturated carbocycles. The van der Waals surface area contributed by atoms with E-state index in [9.17, 15) is 22.8 Å². The van der Waals surface area contributed by atoms with Gasteiger partial charge in [0.2, 0.25) is 5.91 Å². The fourth-order valence-corrected chi connectivity index (χ4v) is 2.99. The van der Waals surface area contributed by atoms with Crippen molar-refractivity contribution >= 4 is 11.9 Å². The second-order valence-electron chi connectivity index (χ2n) is 6.15. The molecule has 0 aromatic heterocycles. The minimum Gasteiger partial charge on any atom is -0.481 e. The van der Waals surface area contributed by atoms with Crippen molar-refractivity contribution in [2.75, 3.05) is 13.1 Å². The Labute approximate surface area is 143 Å². The number of halogens is 3. The SMILES string of the molecule is O=C(O)CCC1CCCN(C(=O)Cc2cccc(OC(F)(F)F)c2)C1. The lowest BCUT2D eigenvalue weighted by molar-refractivity contribution is -0.274. The first-order valence-corrected chi connectivity index (χ1v) is 8.07. The number of carboxylic acids is 1. The molecule has 2 rings (SSSR count). The Morgan fingerprint density at radius 2 is 2.08 bits per heavy atom. The van der Waals surface area contributed by atoms with E-state index in [4.69, 9.17) is 5.11 Å². The van der Waals surface area contributed by atoms with E-state index in [2.05, 4.69) is 4.74 Å². The summed E-state index contributed by atoms with van der Waals surface area (Å²) in [6, 6.07) is 5.38. The number of nitrogens with zero attached hydrogens (tertiary/aromatic N) is 1. The highest BCUT2D eigenvalue weighted by Crippen LogP contribution is 2.25. The number of aliphatic carboxylic acids is 1. The maximum absolute atomic E-state index is 12.4. The van der Waals surface area contributed by atoms with Gasteiger partial charge in [0.25, 0.3) is 0 Å². The van der Waals surface area contributed by atoms with Crippen LogP contribution in [0, 0.1) is 5.92 Å². The number of carbonyl (C=O) groups is 2. The number of carbonyl (C=O) groups excluding carboxylic acids is 1. The summed E-state index contributed by atoms with van der Waals surface area (Å²) in [7, 11) is 0. The van der Waals surface area contributed by atoms with Gasteiger partial charge in [-0.05, 0) is 42.9 Å². The molecule has 1 unspecified atom stereocenters. The summed E-state index contributed by atoms with van der Waals surface area (Å²) >= 11 is 0. The zero-order valence-electron chi connectivity index (χ0n) is 13.6. The maximum Gasteiger partial charge on any atom is 0.573 e. The Morgan fingerprint density at radius 3 is 2.76 bits per heavy atom. The lowest BCUT2D eigenvalue weighted by Gasteiger charge is -2.32. The molecule has 1 aliphatic heterocycles. The second-order valence-corrected chi connectivity index (χ2v) is 6.15. The summed E-state index contributed by atoms with van der Waals surface area (Å²) in [5.41, 5.74) is 0.444. The van der Waals surface area contributed by atoms with E-state index in [1.54, 1.807) is 11.0 Å². The van der Waals surface area contributed by atoms with Gasteiger partial charge in [0, 0.05) is 19.5 Å². The minimum absolute atomic E-state index is 0.0132. The first kappa shape index (κ1) is 19.1. The summed E-state index contributed by atoms with van der Waals surface area (Å²) in [6.45, 7) is 1.08. The van der Waals surface area contributed by atoms with Crippen molar-refractivity contribution in [1.82, 2.24) is 4.90 Å². The summed E-state index contributed by atoms with van der Waals surface area (Å²) < 4.78 is 40.6. The number of rotatable bonds is 6. The lowest BCUT2D eigenvalue weighted by Crippen LogP contribution is -2.40. The number of hydrogen-bond donors (Lipinski definition) is 1. The standard InChI is InChI=1S/C17H20F3NO4/c18-17(19,20)25-14-5-1-3-13(9-14)10-15(22)21-8-2-4-12(11-21)6-7-16(23)24/h1,3,5,9,12H,2,4,6-8,10-11H2,(H,23,24). The lowest BCUT2D eigenvalue weighted by atomic mass is 9.93. The molecule has 1 saturated heterocycles. The zero-order valence-corrected chi connectivity index (χ0v) is 13.6. The highest BCUT2D eigenvalue weighted by Gasteiger charge is 2.31. The number of hydrogen-bond acceptors (Lipinski definition) is 3. The summed E-state index contributed by atoms with van der Waals surface area (Å²) in [5, 5.41) is 8.75. The minimum atomic E-state index is -4.77. The molecule has 25 heavy (non-hydrogen) atoms. The molecule has 138 valence electrons. The fourth-order valence-electron chi connectivity index (χ4n) is 2.99. The Bertz CT molecular complexity index is 618. The van der Waals surface area contributed by atoms with Crippen LogP contribution in [0.25, 0.3) is 0 Å². The largest absolute Gasteiger partial charge is 0.573 e. The second kappa shape index (κ2) is 8.22. The third-order valence-corrected chi connectivity index (χ3v) is 4.13. The summed E-state index contributed by atoms with van der Waals surface area (Å²) in [4.78, 5) is 24.7. The van der Waals surface area contributed by atoms with Gasteiger partial charge in [0.15, 0.2) is 0 Å². The number of ether oxygens (including phenoxy) is 1. The van der Waals surface area contributed by atoms with Crippen molar-refractivity contribution < 1.29 is 32.6 Å². The average molecular weight is 359 g/mol. The van der Waals surface area contributed by atoms with Gasteiger partial charge in [-0.2, -0.15) is 0 Å². The molecule has 5 nitrogen and oxygen atoms in total. The molecule has 1 N–H and O–H groups in total. The third-order valence-electron chi connectivity index (χ3n) is 4.13. The van der Waals surface area contributed by atoms with Crippen molar-refractivity contribution in [1.29, 1.82) is 0 Å². The number of alkyl halides is 3. The van der Waals surface area contributed by atoms with Gasteiger partial charge in [0.1, 0.15) is 5.75 Å². The van der Waals surface area contributed by atoms with Gasteiger partial charge >= 0.3 is 12.3 Å². The van der Waals surface area contributed by atoms with Crippen molar-refractivity contribution in [3.05, 3.63) is 29.8 Å². The number of benzene rings is 1. The first-order chi connectivity index (χ1) is 11.7. The Balaban J connectivity index is 1.92. The predicted octanol–water partition coefficient (Wildman–Crippen LogP) is 3.23. The van der Waals surface area contributed by atoms with Crippen LogP contribution in [0.15, 0.2) is 24.3 Å². The van der Waals surface area contributed by atoms with E-state index in [0.717, 1.165) is 12.8 Å². The molecule has 1 heterocycles. The molecule has 1 fully saturated rings. The van der Waals surface area contributed by atoms with Gasteiger partial charge in [-0.3, -0.25) is 9.59 Å². The zero-order chi connectivity index (χ0) is 18.4. The third kappa shape index (κ3) is 6.64. The Kier molecular flexibility index (Phi) is 6.27. The molecule has 1 amide bonds. The molecule has 1 aliphatic rings. The molecule has 0 spiro atoms. The Morgan fingerprint density at radius 1 is 1.32 bits per heavy atom. The average Bonchev–Trinajstić information content (AvgIpc) is 2.52. The molecule has 1 aromatic rings. The number of piperidine rings is 1. The van der Waals surface area contributed by atoms with Crippen molar-refractivity contribution in [3.63, 3.8) is 0 Å². The van der Waals surface area contributed by atoms with Crippen LogP contribution in [0.1, 0.15) is 31.2 Å². The molecular formula is C17H20F3NO4. The van der Waals surface area contributed by atoms with Crippen LogP contribution >= 0.6 is 0 Å². The van der Waals surface area contributed by atoms with Crippen molar-refractivity contribution in [2.24, 2.45) is 5.92 Å².